The SMILES string of the molecule is COc1ccccc1-c1cccc(C(=O)NS(=O)(=O)c2ccc(Br)cc2)c1. The first-order valence-electron chi connectivity index (χ1n) is 7.97. The van der Waals surface area contributed by atoms with Gasteiger partial charge in [-0.25, -0.2) is 13.1 Å². The molecule has 3 rings (SSSR count). The first-order chi connectivity index (χ1) is 12.9. The quantitative estimate of drug-likeness (QED) is 0.637. The number of amides is 1. The lowest BCUT2D eigenvalue weighted by atomic mass is 10.0. The van der Waals surface area contributed by atoms with Gasteiger partial charge < -0.3 is 4.74 Å². The molecule has 0 unspecified atom stereocenters. The highest BCUT2D eigenvalue weighted by Crippen LogP contribution is 2.30. The van der Waals surface area contributed by atoms with Crippen molar-refractivity contribution in [1.29, 1.82) is 0 Å². The fraction of sp³-hybridized carbons (Fsp3) is 0.0500. The maximum atomic E-state index is 12.5. The lowest BCUT2D eigenvalue weighted by Gasteiger charge is -2.10. The van der Waals surface area contributed by atoms with E-state index in [0.717, 1.165) is 15.6 Å². The molecule has 0 aliphatic heterocycles. The number of nitrogens with one attached hydrogen (secondary N) is 1. The maximum absolute atomic E-state index is 12.5. The van der Waals surface area contributed by atoms with E-state index >= 15 is 0 Å². The summed E-state index contributed by atoms with van der Waals surface area (Å²) in [6.07, 6.45) is 0. The molecule has 5 nitrogen and oxygen atoms in total. The van der Waals surface area contributed by atoms with Gasteiger partial charge in [0.1, 0.15) is 5.75 Å². The Bertz CT molecular complexity index is 1080. The number of carbonyl (C=O) groups excluding carboxylic acids is 1. The molecule has 0 heterocycles. The van der Waals surface area contributed by atoms with Crippen LogP contribution in [0, 0.1) is 0 Å². The predicted octanol–water partition coefficient (Wildman–Crippen LogP) is 4.24. The number of hydrogen-bond donors (Lipinski definition) is 1. The number of halogens is 1. The molecule has 0 saturated heterocycles. The number of rotatable bonds is 5. The van der Waals surface area contributed by atoms with Gasteiger partial charge in [0.05, 0.1) is 12.0 Å². The number of benzene rings is 3. The van der Waals surface area contributed by atoms with Crippen LogP contribution in [0.15, 0.2) is 82.2 Å². The second-order valence-corrected chi connectivity index (χ2v) is 8.27. The van der Waals surface area contributed by atoms with Crippen LogP contribution >= 0.6 is 15.9 Å². The number of ether oxygens (including phenoxy) is 1. The second kappa shape index (κ2) is 7.94. The minimum Gasteiger partial charge on any atom is -0.496 e. The molecule has 1 N–H and O–H groups in total. The summed E-state index contributed by atoms with van der Waals surface area (Å²) in [6.45, 7) is 0. The van der Waals surface area contributed by atoms with Crippen LogP contribution in [0.25, 0.3) is 11.1 Å². The Kier molecular flexibility index (Phi) is 5.62. The van der Waals surface area contributed by atoms with Crippen LogP contribution in [0.5, 0.6) is 5.75 Å². The minimum atomic E-state index is -3.96. The molecule has 0 aromatic heterocycles. The summed E-state index contributed by atoms with van der Waals surface area (Å²) in [7, 11) is -2.39. The highest BCUT2D eigenvalue weighted by Gasteiger charge is 2.19. The molecule has 3 aromatic rings. The summed E-state index contributed by atoms with van der Waals surface area (Å²) < 4.78 is 33.0. The molecule has 0 saturated carbocycles. The molecular formula is C20H16BrNO4S. The van der Waals surface area contributed by atoms with Crippen molar-refractivity contribution in [3.05, 3.63) is 82.8 Å². The van der Waals surface area contributed by atoms with Gasteiger partial charge in [-0.15, -0.1) is 0 Å². The van der Waals surface area contributed by atoms with Crippen molar-refractivity contribution >= 4 is 31.9 Å². The molecule has 138 valence electrons. The molecule has 3 aromatic carbocycles. The van der Waals surface area contributed by atoms with E-state index in [1.165, 1.54) is 12.1 Å². The van der Waals surface area contributed by atoms with Crippen molar-refractivity contribution in [1.82, 2.24) is 4.72 Å². The molecule has 0 bridgehead atoms. The summed E-state index contributed by atoms with van der Waals surface area (Å²) in [6, 6.07) is 20.2. The van der Waals surface area contributed by atoms with Crippen LogP contribution < -0.4 is 9.46 Å². The first kappa shape index (κ1) is 19.1. The van der Waals surface area contributed by atoms with Gasteiger partial charge in [-0.05, 0) is 48.0 Å². The third-order valence-corrected chi connectivity index (χ3v) is 5.77. The zero-order chi connectivity index (χ0) is 19.4. The van der Waals surface area contributed by atoms with E-state index in [0.29, 0.717) is 5.75 Å². The van der Waals surface area contributed by atoms with Gasteiger partial charge in [0.25, 0.3) is 15.9 Å². The second-order valence-electron chi connectivity index (χ2n) is 5.67. The molecule has 27 heavy (non-hydrogen) atoms. The normalized spacial score (nSPS) is 11.0. The van der Waals surface area contributed by atoms with E-state index < -0.39 is 15.9 Å². The van der Waals surface area contributed by atoms with Crippen LogP contribution in [0.1, 0.15) is 10.4 Å². The van der Waals surface area contributed by atoms with Gasteiger partial charge in [0.15, 0.2) is 0 Å². The van der Waals surface area contributed by atoms with Gasteiger partial charge in [-0.3, -0.25) is 4.79 Å². The molecule has 7 heteroatoms. The molecule has 1 amide bonds. The topological polar surface area (TPSA) is 72.5 Å². The van der Waals surface area contributed by atoms with E-state index in [1.54, 1.807) is 37.4 Å². The van der Waals surface area contributed by atoms with Crippen molar-refractivity contribution in [2.75, 3.05) is 7.11 Å². The van der Waals surface area contributed by atoms with E-state index in [2.05, 4.69) is 20.7 Å². The first-order valence-corrected chi connectivity index (χ1v) is 10.2. The molecule has 0 radical (unpaired) electrons. The maximum Gasteiger partial charge on any atom is 0.265 e. The summed E-state index contributed by atoms with van der Waals surface area (Å²) in [5.74, 6) is -0.0350. The monoisotopic (exact) mass is 445 g/mol. The molecule has 0 fully saturated rings. The molecule has 0 atom stereocenters. The average molecular weight is 446 g/mol. The van der Waals surface area contributed by atoms with Crippen molar-refractivity contribution in [2.24, 2.45) is 0 Å². The van der Waals surface area contributed by atoms with Crippen LogP contribution in [-0.2, 0) is 10.0 Å². The average Bonchev–Trinajstić information content (AvgIpc) is 2.68. The Hall–Kier alpha value is -2.64. The minimum absolute atomic E-state index is 0.0138. The highest BCUT2D eigenvalue weighted by molar-refractivity contribution is 9.10. The number of carbonyl (C=O) groups is 1. The third kappa shape index (κ3) is 4.37. The van der Waals surface area contributed by atoms with Gasteiger partial charge in [0, 0.05) is 15.6 Å². The Morgan fingerprint density at radius 1 is 0.963 bits per heavy atom. The largest absolute Gasteiger partial charge is 0.496 e. The number of para-hydroxylation sites is 1. The molecule has 0 spiro atoms. The summed E-state index contributed by atoms with van der Waals surface area (Å²) >= 11 is 3.25. The van der Waals surface area contributed by atoms with Crippen molar-refractivity contribution in [3.63, 3.8) is 0 Å². The molecule has 0 aliphatic carbocycles. The predicted molar refractivity (Wildman–Crippen MR) is 107 cm³/mol. The van der Waals surface area contributed by atoms with E-state index in [4.69, 9.17) is 4.74 Å². The third-order valence-electron chi connectivity index (χ3n) is 3.89. The van der Waals surface area contributed by atoms with Gasteiger partial charge in [-0.1, -0.05) is 46.3 Å². The van der Waals surface area contributed by atoms with Gasteiger partial charge in [-0.2, -0.15) is 0 Å². The van der Waals surface area contributed by atoms with Crippen LogP contribution in [0.2, 0.25) is 0 Å². The van der Waals surface area contributed by atoms with Gasteiger partial charge in [0.2, 0.25) is 0 Å². The zero-order valence-corrected chi connectivity index (χ0v) is 16.7. The Morgan fingerprint density at radius 2 is 1.67 bits per heavy atom. The Labute approximate surface area is 166 Å². The van der Waals surface area contributed by atoms with E-state index in [-0.39, 0.29) is 10.5 Å². The smallest absolute Gasteiger partial charge is 0.265 e. The lowest BCUT2D eigenvalue weighted by Crippen LogP contribution is -2.30. The Balaban J connectivity index is 1.89. The van der Waals surface area contributed by atoms with E-state index in [9.17, 15) is 13.2 Å². The molecular weight excluding hydrogens is 430 g/mol. The fourth-order valence-electron chi connectivity index (χ4n) is 2.56. The van der Waals surface area contributed by atoms with Crippen molar-refractivity contribution in [2.45, 2.75) is 4.90 Å². The highest BCUT2D eigenvalue weighted by atomic mass is 79.9. The summed E-state index contributed by atoms with van der Waals surface area (Å²) in [4.78, 5) is 12.5. The van der Waals surface area contributed by atoms with E-state index in [1.807, 2.05) is 30.3 Å². The number of methoxy groups -OCH3 is 1. The van der Waals surface area contributed by atoms with Crippen LogP contribution in [0.4, 0.5) is 0 Å². The zero-order valence-electron chi connectivity index (χ0n) is 14.3. The summed E-state index contributed by atoms with van der Waals surface area (Å²) in [5.41, 5.74) is 1.80. The summed E-state index contributed by atoms with van der Waals surface area (Å²) in [5, 5.41) is 0. The molecule has 0 aliphatic rings. The van der Waals surface area contributed by atoms with Crippen molar-refractivity contribution < 1.29 is 17.9 Å². The lowest BCUT2D eigenvalue weighted by molar-refractivity contribution is 0.0981. The van der Waals surface area contributed by atoms with Crippen LogP contribution in [-0.4, -0.2) is 21.4 Å². The number of hydrogen-bond acceptors (Lipinski definition) is 4. The fourth-order valence-corrected chi connectivity index (χ4v) is 3.80. The standard InChI is InChI=1S/C20H16BrNO4S/c1-26-19-8-3-2-7-18(19)14-5-4-6-15(13-14)20(23)22-27(24,25)17-11-9-16(21)10-12-17/h2-13H,1H3,(H,22,23). The Morgan fingerprint density at radius 3 is 2.37 bits per heavy atom. The number of sulfonamides is 1. The van der Waals surface area contributed by atoms with Crippen LogP contribution in [0.3, 0.4) is 0 Å². The van der Waals surface area contributed by atoms with Gasteiger partial charge >= 0.3 is 0 Å². The van der Waals surface area contributed by atoms with Crippen molar-refractivity contribution in [3.8, 4) is 16.9 Å².